The third-order valence-electron chi connectivity index (χ3n) is 4.06. The van der Waals surface area contributed by atoms with Crippen molar-refractivity contribution in [2.45, 2.75) is 0 Å². The molecule has 8 heteroatoms. The number of phenolic OH excluding ortho intramolecular Hbond substituents is 2. The second kappa shape index (κ2) is 5.55. The Bertz CT molecular complexity index is 1140. The van der Waals surface area contributed by atoms with Crippen molar-refractivity contribution in [3.63, 3.8) is 0 Å². The Balaban J connectivity index is 1.81. The van der Waals surface area contributed by atoms with Gasteiger partial charge < -0.3 is 30.7 Å². The molecule has 130 valence electrons. The average molecular weight is 351 g/mol. The highest BCUT2D eigenvalue weighted by Crippen LogP contribution is 2.41. The first-order valence-electron chi connectivity index (χ1n) is 7.55. The molecular formula is C18H13N3O5. The molecule has 0 atom stereocenters. The molecule has 4 rings (SSSR count). The molecule has 0 aliphatic carbocycles. The number of aromatic hydroxyl groups is 4. The molecular weight excluding hydrogens is 338 g/mol. The lowest BCUT2D eigenvalue weighted by atomic mass is 10.0. The Morgan fingerprint density at radius 1 is 0.885 bits per heavy atom. The molecule has 2 aromatic carbocycles. The maximum Gasteiger partial charge on any atom is 0.265 e. The minimum Gasteiger partial charge on any atom is -0.508 e. The molecule has 0 radical (unpaired) electrons. The monoisotopic (exact) mass is 351 g/mol. The molecule has 0 unspecified atom stereocenters. The number of nitrogens with zero attached hydrogens (tertiary/aromatic N) is 2. The number of nitrogens with two attached hydrogens (primary N) is 1. The third kappa shape index (κ3) is 2.32. The molecule has 0 aliphatic heterocycles. The van der Waals surface area contributed by atoms with E-state index in [0.29, 0.717) is 16.8 Å². The number of hydrogen-bond donors (Lipinski definition) is 5. The second-order valence-corrected chi connectivity index (χ2v) is 5.69. The van der Waals surface area contributed by atoms with Gasteiger partial charge in [0.05, 0.1) is 0 Å². The van der Waals surface area contributed by atoms with Crippen LogP contribution in [0.25, 0.3) is 33.5 Å². The highest BCUT2D eigenvalue weighted by molar-refractivity contribution is 5.98. The van der Waals surface area contributed by atoms with E-state index < -0.39 is 5.88 Å². The van der Waals surface area contributed by atoms with Gasteiger partial charge in [-0.3, -0.25) is 0 Å². The fourth-order valence-electron chi connectivity index (χ4n) is 2.74. The summed E-state index contributed by atoms with van der Waals surface area (Å²) in [7, 11) is 0. The smallest absolute Gasteiger partial charge is 0.265 e. The molecule has 0 fully saturated rings. The first kappa shape index (κ1) is 15.6. The van der Waals surface area contributed by atoms with E-state index in [1.54, 1.807) is 30.3 Å². The van der Waals surface area contributed by atoms with Crippen LogP contribution < -0.4 is 5.73 Å². The summed E-state index contributed by atoms with van der Waals surface area (Å²) in [5, 5.41) is 43.2. The zero-order chi connectivity index (χ0) is 18.4. The third-order valence-corrected chi connectivity index (χ3v) is 4.06. The summed E-state index contributed by atoms with van der Waals surface area (Å²) in [6.45, 7) is 0. The number of aromatic nitrogens is 2. The van der Waals surface area contributed by atoms with Crippen LogP contribution in [0.5, 0.6) is 23.1 Å². The van der Waals surface area contributed by atoms with Crippen LogP contribution in [0.15, 0.2) is 47.0 Å². The lowest BCUT2D eigenvalue weighted by Crippen LogP contribution is -1.90. The van der Waals surface area contributed by atoms with Gasteiger partial charge in [-0.25, -0.2) is 0 Å². The van der Waals surface area contributed by atoms with Crippen LogP contribution in [0.1, 0.15) is 0 Å². The van der Waals surface area contributed by atoms with Crippen LogP contribution in [0.4, 0.5) is 5.69 Å². The first-order chi connectivity index (χ1) is 12.5. The van der Waals surface area contributed by atoms with Crippen LogP contribution in [0.3, 0.4) is 0 Å². The fraction of sp³-hybridized carbons (Fsp3) is 0. The molecule has 26 heavy (non-hydrogen) atoms. The molecule has 0 amide bonds. The molecule has 0 saturated heterocycles. The number of hydrogen-bond acceptors (Lipinski definition) is 8. The summed E-state index contributed by atoms with van der Waals surface area (Å²) in [4.78, 5) is 3.75. The highest BCUT2D eigenvalue weighted by atomic mass is 16.5. The van der Waals surface area contributed by atoms with Crippen LogP contribution in [0, 0.1) is 0 Å². The SMILES string of the molecule is Nc1c(O)nc2onc(-c3ccc(-c4ccc(O)cc4O)cc3)c2c1O. The Labute approximate surface area is 146 Å². The van der Waals surface area contributed by atoms with Crippen molar-refractivity contribution in [1.82, 2.24) is 10.1 Å². The van der Waals surface area contributed by atoms with Crippen molar-refractivity contribution >= 4 is 16.8 Å². The molecule has 2 aromatic heterocycles. The van der Waals surface area contributed by atoms with E-state index in [-0.39, 0.29) is 34.0 Å². The van der Waals surface area contributed by atoms with E-state index in [1.807, 2.05) is 0 Å². The predicted octanol–water partition coefficient (Wildman–Crippen LogP) is 2.96. The summed E-state index contributed by atoms with van der Waals surface area (Å²) in [6.07, 6.45) is 0. The van der Waals surface area contributed by atoms with Crippen LogP contribution in [-0.4, -0.2) is 30.6 Å². The molecule has 2 heterocycles. The largest absolute Gasteiger partial charge is 0.508 e. The number of fused-ring (bicyclic) bond motifs is 1. The zero-order valence-corrected chi connectivity index (χ0v) is 13.2. The van der Waals surface area contributed by atoms with Crippen LogP contribution in [0.2, 0.25) is 0 Å². The van der Waals surface area contributed by atoms with E-state index >= 15 is 0 Å². The summed E-state index contributed by atoms with van der Waals surface area (Å²) < 4.78 is 5.06. The van der Waals surface area contributed by atoms with Gasteiger partial charge in [0.15, 0.2) is 5.75 Å². The van der Waals surface area contributed by atoms with Gasteiger partial charge in [0.2, 0.25) is 5.88 Å². The van der Waals surface area contributed by atoms with Crippen molar-refractivity contribution < 1.29 is 24.9 Å². The summed E-state index contributed by atoms with van der Waals surface area (Å²) in [5.74, 6) is -0.963. The Kier molecular flexibility index (Phi) is 3.33. The number of benzene rings is 2. The summed E-state index contributed by atoms with van der Waals surface area (Å²) >= 11 is 0. The lowest BCUT2D eigenvalue weighted by molar-refractivity contribution is 0.424. The number of anilines is 1. The van der Waals surface area contributed by atoms with E-state index in [4.69, 9.17) is 10.3 Å². The molecule has 6 N–H and O–H groups in total. The number of nitrogen functional groups attached to an aromatic ring is 1. The zero-order valence-electron chi connectivity index (χ0n) is 13.2. The summed E-state index contributed by atoms with van der Waals surface area (Å²) in [6, 6.07) is 11.3. The van der Waals surface area contributed by atoms with E-state index in [0.717, 1.165) is 5.56 Å². The maximum atomic E-state index is 10.2. The Morgan fingerprint density at radius 2 is 1.58 bits per heavy atom. The lowest BCUT2D eigenvalue weighted by Gasteiger charge is -2.07. The van der Waals surface area contributed by atoms with Crippen molar-refractivity contribution in [2.75, 3.05) is 5.73 Å². The normalized spacial score (nSPS) is 11.1. The van der Waals surface area contributed by atoms with E-state index in [9.17, 15) is 20.4 Å². The molecule has 0 saturated carbocycles. The predicted molar refractivity (Wildman–Crippen MR) is 93.7 cm³/mol. The molecule has 4 aromatic rings. The quantitative estimate of drug-likeness (QED) is 0.370. The van der Waals surface area contributed by atoms with Gasteiger partial charge in [-0.1, -0.05) is 29.4 Å². The molecule has 8 nitrogen and oxygen atoms in total. The first-order valence-corrected chi connectivity index (χ1v) is 7.55. The van der Waals surface area contributed by atoms with Gasteiger partial charge in [-0.2, -0.15) is 4.98 Å². The van der Waals surface area contributed by atoms with E-state index in [2.05, 4.69) is 10.1 Å². The molecule has 0 aliphatic rings. The highest BCUT2D eigenvalue weighted by Gasteiger charge is 2.20. The van der Waals surface area contributed by atoms with Gasteiger partial charge in [0.1, 0.15) is 28.3 Å². The standard InChI is InChI=1S/C18H13N3O5/c19-14-16(24)13-15(21-26-18(13)20-17(14)25)9-3-1-8(2-4-9)11-6-5-10(22)7-12(11)23/h1-7,22-23H,19H2,(H2,20,24,25). The minimum absolute atomic E-state index is 0.0271. The topological polar surface area (TPSA) is 146 Å². The molecule has 0 spiro atoms. The van der Waals surface area contributed by atoms with Gasteiger partial charge >= 0.3 is 0 Å². The summed E-state index contributed by atoms with van der Waals surface area (Å²) in [5.41, 5.74) is 7.52. The Hall–Kier alpha value is -3.94. The number of pyridine rings is 1. The van der Waals surface area contributed by atoms with Crippen molar-refractivity contribution in [1.29, 1.82) is 0 Å². The average Bonchev–Trinajstić information content (AvgIpc) is 3.04. The number of phenols is 2. The van der Waals surface area contributed by atoms with Gasteiger partial charge in [0.25, 0.3) is 5.71 Å². The maximum absolute atomic E-state index is 10.2. The van der Waals surface area contributed by atoms with Gasteiger partial charge in [-0.05, 0) is 17.7 Å². The minimum atomic E-state index is -0.532. The van der Waals surface area contributed by atoms with Gasteiger partial charge in [-0.15, -0.1) is 0 Å². The Morgan fingerprint density at radius 3 is 2.27 bits per heavy atom. The molecule has 0 bridgehead atoms. The van der Waals surface area contributed by atoms with Crippen LogP contribution in [-0.2, 0) is 0 Å². The number of rotatable bonds is 2. The van der Waals surface area contributed by atoms with Crippen molar-refractivity contribution in [2.24, 2.45) is 0 Å². The fourth-order valence-corrected chi connectivity index (χ4v) is 2.74. The van der Waals surface area contributed by atoms with Crippen molar-refractivity contribution in [3.05, 3.63) is 42.5 Å². The van der Waals surface area contributed by atoms with Crippen molar-refractivity contribution in [3.8, 4) is 45.5 Å². The van der Waals surface area contributed by atoms with E-state index in [1.165, 1.54) is 12.1 Å². The van der Waals surface area contributed by atoms with Crippen LogP contribution >= 0.6 is 0 Å². The van der Waals surface area contributed by atoms with Gasteiger partial charge in [0, 0.05) is 17.2 Å². The second-order valence-electron chi connectivity index (χ2n) is 5.69.